The van der Waals surface area contributed by atoms with Crippen molar-refractivity contribution in [3.8, 4) is 0 Å². The molecule has 3 nitrogen and oxygen atoms in total. The summed E-state index contributed by atoms with van der Waals surface area (Å²) in [6.45, 7) is 6.29. The summed E-state index contributed by atoms with van der Waals surface area (Å²) in [4.78, 5) is 0. The molecule has 0 aromatic rings. The maximum atomic E-state index is 11.3. The highest BCUT2D eigenvalue weighted by molar-refractivity contribution is 5.23. The van der Waals surface area contributed by atoms with E-state index in [1.807, 2.05) is 6.92 Å². The van der Waals surface area contributed by atoms with E-state index >= 15 is 0 Å². The van der Waals surface area contributed by atoms with Crippen LogP contribution in [0.25, 0.3) is 0 Å². The third-order valence-electron chi connectivity index (χ3n) is 7.10. The molecule has 0 aromatic heterocycles. The molecule has 7 atom stereocenters. The third kappa shape index (κ3) is 1.09. The van der Waals surface area contributed by atoms with Crippen LogP contribution in [-0.2, 0) is 0 Å². The van der Waals surface area contributed by atoms with Gasteiger partial charge in [-0.2, -0.15) is 0 Å². The molecule has 0 heterocycles. The summed E-state index contributed by atoms with van der Waals surface area (Å²) in [5.74, 6) is 1.30. The SMILES string of the molecule is C[C@H]1C[C@@H](O)[C@@]2(O)[C@@]3(C)CC[C@H](C[C@@H]13)[C@@]2(C)CO. The summed E-state index contributed by atoms with van der Waals surface area (Å²) in [5.41, 5.74) is -1.90. The van der Waals surface area contributed by atoms with E-state index in [-0.39, 0.29) is 12.0 Å². The van der Waals surface area contributed by atoms with Crippen molar-refractivity contribution in [1.82, 2.24) is 0 Å². The van der Waals surface area contributed by atoms with Crippen molar-refractivity contribution in [3.63, 3.8) is 0 Å². The molecule has 3 heteroatoms. The van der Waals surface area contributed by atoms with Crippen LogP contribution in [0.1, 0.15) is 46.5 Å². The molecule has 0 radical (unpaired) electrons. The minimum absolute atomic E-state index is 0.0259. The largest absolute Gasteiger partial charge is 0.396 e. The van der Waals surface area contributed by atoms with Crippen LogP contribution >= 0.6 is 0 Å². The van der Waals surface area contributed by atoms with E-state index in [4.69, 9.17) is 0 Å². The molecule has 0 aromatic carbocycles. The molecule has 4 bridgehead atoms. The number of aliphatic hydroxyl groups is 3. The fourth-order valence-electron chi connectivity index (χ4n) is 5.92. The Balaban J connectivity index is 2.17. The van der Waals surface area contributed by atoms with E-state index in [9.17, 15) is 15.3 Å². The van der Waals surface area contributed by atoms with Crippen molar-refractivity contribution in [2.45, 2.75) is 58.2 Å². The molecule has 0 saturated heterocycles. The zero-order valence-corrected chi connectivity index (χ0v) is 11.7. The fourth-order valence-corrected chi connectivity index (χ4v) is 5.92. The highest BCUT2D eigenvalue weighted by Gasteiger charge is 2.74. The van der Waals surface area contributed by atoms with Crippen LogP contribution in [0.15, 0.2) is 0 Å². The number of fused-ring (bicyclic) bond motifs is 1. The van der Waals surface area contributed by atoms with Crippen LogP contribution in [0.5, 0.6) is 0 Å². The molecule has 4 rings (SSSR count). The van der Waals surface area contributed by atoms with E-state index in [1.165, 1.54) is 0 Å². The minimum atomic E-state index is -1.12. The van der Waals surface area contributed by atoms with Crippen molar-refractivity contribution in [1.29, 1.82) is 0 Å². The standard InChI is InChI=1S/C15H26O3/c1-9-6-12(17)15(18)13(2)5-4-10(7-11(9)13)14(15,3)8-16/h9-12,16-18H,4-8H2,1-3H3/t9-,10+,11-,12+,13-,14+,15+/m0/s1. The van der Waals surface area contributed by atoms with Crippen molar-refractivity contribution >= 4 is 0 Å². The summed E-state index contributed by atoms with van der Waals surface area (Å²) < 4.78 is 0. The normalized spacial score (nSPS) is 63.0. The van der Waals surface area contributed by atoms with Gasteiger partial charge in [0.1, 0.15) is 5.60 Å². The first-order valence-corrected chi connectivity index (χ1v) is 7.32. The maximum Gasteiger partial charge on any atom is 0.104 e. The van der Waals surface area contributed by atoms with E-state index < -0.39 is 17.1 Å². The average Bonchev–Trinajstić information content (AvgIpc) is 2.33. The Labute approximate surface area is 109 Å². The molecule has 0 amide bonds. The van der Waals surface area contributed by atoms with Gasteiger partial charge in [0.2, 0.25) is 0 Å². The van der Waals surface area contributed by atoms with Crippen molar-refractivity contribution in [2.24, 2.45) is 28.6 Å². The Morgan fingerprint density at radius 2 is 1.89 bits per heavy atom. The molecule has 18 heavy (non-hydrogen) atoms. The Hall–Kier alpha value is -0.120. The Bertz CT molecular complexity index is 371. The number of rotatable bonds is 1. The zero-order valence-electron chi connectivity index (χ0n) is 11.7. The lowest BCUT2D eigenvalue weighted by atomic mass is 9.34. The first-order valence-electron chi connectivity index (χ1n) is 7.32. The first-order chi connectivity index (χ1) is 8.31. The molecular formula is C15H26O3. The highest BCUT2D eigenvalue weighted by Crippen LogP contribution is 2.71. The van der Waals surface area contributed by atoms with Crippen LogP contribution in [0.4, 0.5) is 0 Å². The maximum absolute atomic E-state index is 11.3. The summed E-state index contributed by atoms with van der Waals surface area (Å²) in [5, 5.41) is 31.8. The van der Waals surface area contributed by atoms with Gasteiger partial charge in [-0.3, -0.25) is 0 Å². The van der Waals surface area contributed by atoms with E-state index in [2.05, 4.69) is 13.8 Å². The number of hydrogen-bond acceptors (Lipinski definition) is 3. The number of hydrogen-bond donors (Lipinski definition) is 3. The number of aliphatic hydroxyl groups excluding tert-OH is 2. The second-order valence-electron chi connectivity index (χ2n) is 7.57. The molecule has 4 saturated carbocycles. The van der Waals surface area contributed by atoms with Gasteiger partial charge in [-0.25, -0.2) is 0 Å². The molecule has 4 fully saturated rings. The molecule has 3 N–H and O–H groups in total. The molecule has 104 valence electrons. The van der Waals surface area contributed by atoms with Crippen molar-refractivity contribution in [2.75, 3.05) is 6.61 Å². The van der Waals surface area contributed by atoms with Gasteiger partial charge in [-0.05, 0) is 43.4 Å². The topological polar surface area (TPSA) is 60.7 Å². The van der Waals surface area contributed by atoms with Crippen LogP contribution in [0, 0.1) is 28.6 Å². The lowest BCUT2D eigenvalue weighted by molar-refractivity contribution is -0.338. The third-order valence-corrected chi connectivity index (χ3v) is 7.10. The molecule has 4 aliphatic rings. The average molecular weight is 254 g/mol. The summed E-state index contributed by atoms with van der Waals surface area (Å²) >= 11 is 0. The quantitative estimate of drug-likeness (QED) is 0.665. The molecular weight excluding hydrogens is 228 g/mol. The van der Waals surface area contributed by atoms with Crippen molar-refractivity contribution in [3.05, 3.63) is 0 Å². The zero-order chi connectivity index (χ0) is 13.3. The van der Waals surface area contributed by atoms with Crippen LogP contribution in [-0.4, -0.2) is 33.6 Å². The Kier molecular flexibility index (Phi) is 2.51. The molecule has 0 aliphatic heterocycles. The predicted octanol–water partition coefficient (Wildman–Crippen LogP) is 1.55. The molecule has 4 aliphatic carbocycles. The Morgan fingerprint density at radius 3 is 2.50 bits per heavy atom. The second kappa shape index (κ2) is 3.50. The fraction of sp³-hybridized carbons (Fsp3) is 1.00. The van der Waals surface area contributed by atoms with Gasteiger partial charge in [-0.1, -0.05) is 20.8 Å². The van der Waals surface area contributed by atoms with E-state index in [1.54, 1.807) is 0 Å². The van der Waals surface area contributed by atoms with Gasteiger partial charge in [0, 0.05) is 10.8 Å². The highest BCUT2D eigenvalue weighted by atomic mass is 16.3. The van der Waals surface area contributed by atoms with Crippen molar-refractivity contribution < 1.29 is 15.3 Å². The van der Waals surface area contributed by atoms with E-state index in [0.29, 0.717) is 24.2 Å². The van der Waals surface area contributed by atoms with Gasteiger partial charge < -0.3 is 15.3 Å². The summed E-state index contributed by atoms with van der Waals surface area (Å²) in [7, 11) is 0. The summed E-state index contributed by atoms with van der Waals surface area (Å²) in [6.07, 6.45) is 3.12. The Morgan fingerprint density at radius 1 is 1.22 bits per heavy atom. The van der Waals surface area contributed by atoms with Gasteiger partial charge in [0.25, 0.3) is 0 Å². The smallest absolute Gasteiger partial charge is 0.104 e. The lowest BCUT2D eigenvalue weighted by Crippen LogP contribution is -2.78. The van der Waals surface area contributed by atoms with Crippen LogP contribution in [0.2, 0.25) is 0 Å². The van der Waals surface area contributed by atoms with Crippen LogP contribution in [0.3, 0.4) is 0 Å². The van der Waals surface area contributed by atoms with Gasteiger partial charge in [0.05, 0.1) is 12.7 Å². The van der Waals surface area contributed by atoms with E-state index in [0.717, 1.165) is 19.3 Å². The second-order valence-corrected chi connectivity index (χ2v) is 7.57. The first kappa shape index (κ1) is 12.9. The lowest BCUT2D eigenvalue weighted by Gasteiger charge is -2.73. The monoisotopic (exact) mass is 254 g/mol. The van der Waals surface area contributed by atoms with Gasteiger partial charge in [0.15, 0.2) is 0 Å². The van der Waals surface area contributed by atoms with Gasteiger partial charge >= 0.3 is 0 Å². The predicted molar refractivity (Wildman–Crippen MR) is 68.9 cm³/mol. The van der Waals surface area contributed by atoms with Crippen LogP contribution < -0.4 is 0 Å². The minimum Gasteiger partial charge on any atom is -0.396 e. The van der Waals surface area contributed by atoms with Gasteiger partial charge in [-0.15, -0.1) is 0 Å². The molecule has 0 unspecified atom stereocenters. The summed E-state index contributed by atoms with van der Waals surface area (Å²) in [6, 6.07) is 0. The molecule has 0 spiro atoms.